The third kappa shape index (κ3) is 2.35. The van der Waals surface area contributed by atoms with Gasteiger partial charge in [-0.2, -0.15) is 0 Å². The van der Waals surface area contributed by atoms with Crippen LogP contribution in [0.5, 0.6) is 0 Å². The normalized spacial score (nSPS) is 16.2. The SMILES string of the molecule is CC(C)(C)OC(=O)N1CC(c2ncc3ccccn23)C1. The van der Waals surface area contributed by atoms with Crippen LogP contribution in [0.3, 0.4) is 0 Å². The average Bonchev–Trinajstić information content (AvgIpc) is 2.69. The van der Waals surface area contributed by atoms with Gasteiger partial charge in [0.1, 0.15) is 11.4 Å². The zero-order valence-electron chi connectivity index (χ0n) is 12.0. The van der Waals surface area contributed by atoms with Gasteiger partial charge in [0.05, 0.1) is 17.6 Å². The van der Waals surface area contributed by atoms with Crippen molar-refractivity contribution in [2.45, 2.75) is 32.3 Å². The monoisotopic (exact) mass is 273 g/mol. The van der Waals surface area contributed by atoms with E-state index in [2.05, 4.69) is 9.38 Å². The number of carbonyl (C=O) groups excluding carboxylic acids is 1. The van der Waals surface area contributed by atoms with E-state index < -0.39 is 5.60 Å². The molecule has 106 valence electrons. The standard InChI is InChI=1S/C15H19N3O2/c1-15(2,3)20-14(19)17-9-11(10-17)13-16-8-12-6-4-5-7-18(12)13/h4-8,11H,9-10H2,1-3H3. The Morgan fingerprint density at radius 2 is 2.10 bits per heavy atom. The van der Waals surface area contributed by atoms with Gasteiger partial charge in [0.2, 0.25) is 0 Å². The molecule has 3 heterocycles. The van der Waals surface area contributed by atoms with E-state index in [1.807, 2.05) is 51.4 Å². The number of carbonyl (C=O) groups is 1. The number of hydrogen-bond donors (Lipinski definition) is 0. The molecule has 0 radical (unpaired) electrons. The lowest BCUT2D eigenvalue weighted by molar-refractivity contribution is 0.00748. The van der Waals surface area contributed by atoms with Crippen LogP contribution >= 0.6 is 0 Å². The minimum Gasteiger partial charge on any atom is -0.444 e. The van der Waals surface area contributed by atoms with E-state index in [4.69, 9.17) is 4.74 Å². The van der Waals surface area contributed by atoms with Gasteiger partial charge in [0.25, 0.3) is 0 Å². The summed E-state index contributed by atoms with van der Waals surface area (Å²) in [6.07, 6.45) is 3.63. The first kappa shape index (κ1) is 13.0. The molecule has 0 aromatic carbocycles. The first-order valence-corrected chi connectivity index (χ1v) is 6.84. The van der Waals surface area contributed by atoms with Crippen molar-refractivity contribution in [2.24, 2.45) is 0 Å². The maximum atomic E-state index is 11.9. The third-order valence-corrected chi connectivity index (χ3v) is 3.37. The summed E-state index contributed by atoms with van der Waals surface area (Å²) in [4.78, 5) is 18.1. The summed E-state index contributed by atoms with van der Waals surface area (Å²) in [5.41, 5.74) is 0.639. The molecule has 0 unspecified atom stereocenters. The molecule has 0 atom stereocenters. The second-order valence-corrected chi connectivity index (χ2v) is 6.19. The van der Waals surface area contributed by atoms with Crippen LogP contribution in [-0.2, 0) is 4.74 Å². The van der Waals surface area contributed by atoms with E-state index in [0.29, 0.717) is 13.1 Å². The van der Waals surface area contributed by atoms with E-state index >= 15 is 0 Å². The van der Waals surface area contributed by atoms with E-state index in [1.54, 1.807) is 4.90 Å². The van der Waals surface area contributed by atoms with Crippen LogP contribution < -0.4 is 0 Å². The number of ether oxygens (including phenoxy) is 1. The molecule has 0 bridgehead atoms. The molecule has 5 nitrogen and oxygen atoms in total. The van der Waals surface area contributed by atoms with Crippen LogP contribution in [0.15, 0.2) is 30.6 Å². The van der Waals surface area contributed by atoms with Gasteiger partial charge in [-0.1, -0.05) is 6.07 Å². The Kier molecular flexibility index (Phi) is 2.92. The Labute approximate surface area is 118 Å². The fraction of sp³-hybridized carbons (Fsp3) is 0.467. The smallest absolute Gasteiger partial charge is 0.410 e. The highest BCUT2D eigenvalue weighted by Gasteiger charge is 2.36. The van der Waals surface area contributed by atoms with Crippen molar-refractivity contribution >= 4 is 11.6 Å². The molecule has 0 N–H and O–H groups in total. The van der Waals surface area contributed by atoms with Crippen molar-refractivity contribution in [3.8, 4) is 0 Å². The Morgan fingerprint density at radius 3 is 2.80 bits per heavy atom. The number of hydrogen-bond acceptors (Lipinski definition) is 3. The fourth-order valence-corrected chi connectivity index (χ4v) is 2.38. The van der Waals surface area contributed by atoms with E-state index in [-0.39, 0.29) is 12.0 Å². The number of imidazole rings is 1. The topological polar surface area (TPSA) is 46.8 Å². The highest BCUT2D eigenvalue weighted by atomic mass is 16.6. The van der Waals surface area contributed by atoms with Crippen LogP contribution in [0.4, 0.5) is 4.79 Å². The molecule has 0 aliphatic carbocycles. The number of fused-ring (bicyclic) bond motifs is 1. The first-order valence-electron chi connectivity index (χ1n) is 6.84. The van der Waals surface area contributed by atoms with Gasteiger partial charge < -0.3 is 14.0 Å². The third-order valence-electron chi connectivity index (χ3n) is 3.37. The summed E-state index contributed by atoms with van der Waals surface area (Å²) < 4.78 is 7.44. The van der Waals surface area contributed by atoms with Crippen LogP contribution in [0.25, 0.3) is 5.52 Å². The van der Waals surface area contributed by atoms with E-state index in [9.17, 15) is 4.79 Å². The van der Waals surface area contributed by atoms with Gasteiger partial charge in [0, 0.05) is 19.3 Å². The van der Waals surface area contributed by atoms with Crippen LogP contribution in [0, 0.1) is 0 Å². The molecule has 0 saturated carbocycles. The van der Waals surface area contributed by atoms with Gasteiger partial charge in [-0.05, 0) is 32.9 Å². The molecule has 20 heavy (non-hydrogen) atoms. The van der Waals surface area contributed by atoms with Crippen molar-refractivity contribution in [3.05, 3.63) is 36.4 Å². The number of likely N-dealkylation sites (tertiary alicyclic amines) is 1. The van der Waals surface area contributed by atoms with Crippen LogP contribution in [-0.4, -0.2) is 39.1 Å². The van der Waals surface area contributed by atoms with Crippen LogP contribution in [0.2, 0.25) is 0 Å². The van der Waals surface area contributed by atoms with Crippen molar-refractivity contribution in [1.29, 1.82) is 0 Å². The zero-order chi connectivity index (χ0) is 14.3. The second kappa shape index (κ2) is 4.51. The van der Waals surface area contributed by atoms with Crippen molar-refractivity contribution in [1.82, 2.24) is 14.3 Å². The molecular weight excluding hydrogens is 254 g/mol. The Hall–Kier alpha value is -2.04. The number of aromatic nitrogens is 2. The molecule has 1 aliphatic heterocycles. The molecule has 1 aliphatic rings. The number of pyridine rings is 1. The zero-order valence-corrected chi connectivity index (χ0v) is 12.0. The lowest BCUT2D eigenvalue weighted by atomic mass is 10.00. The van der Waals surface area contributed by atoms with Gasteiger partial charge >= 0.3 is 6.09 Å². The average molecular weight is 273 g/mol. The second-order valence-electron chi connectivity index (χ2n) is 6.19. The maximum absolute atomic E-state index is 11.9. The van der Waals surface area contributed by atoms with Crippen molar-refractivity contribution < 1.29 is 9.53 Å². The van der Waals surface area contributed by atoms with Gasteiger partial charge in [-0.3, -0.25) is 0 Å². The van der Waals surface area contributed by atoms with Gasteiger partial charge in [0.15, 0.2) is 0 Å². The van der Waals surface area contributed by atoms with Crippen LogP contribution in [0.1, 0.15) is 32.5 Å². The predicted octanol–water partition coefficient (Wildman–Crippen LogP) is 2.67. The summed E-state index contributed by atoms with van der Waals surface area (Å²) in [7, 11) is 0. The van der Waals surface area contributed by atoms with Crippen molar-refractivity contribution in [3.63, 3.8) is 0 Å². The summed E-state index contributed by atoms with van der Waals surface area (Å²) in [6.45, 7) is 6.98. The summed E-state index contributed by atoms with van der Waals surface area (Å²) in [6, 6.07) is 6.01. The lowest BCUT2D eigenvalue weighted by Gasteiger charge is -2.39. The predicted molar refractivity (Wildman–Crippen MR) is 75.7 cm³/mol. The summed E-state index contributed by atoms with van der Waals surface area (Å²) in [5, 5.41) is 0. The van der Waals surface area contributed by atoms with E-state index in [1.165, 1.54) is 0 Å². The first-order chi connectivity index (χ1) is 9.44. The molecule has 1 saturated heterocycles. The Bertz CT molecular complexity index is 636. The molecule has 1 fully saturated rings. The molecule has 2 aromatic rings. The minimum absolute atomic E-state index is 0.241. The lowest BCUT2D eigenvalue weighted by Crippen LogP contribution is -2.50. The summed E-state index contributed by atoms with van der Waals surface area (Å²) in [5.74, 6) is 1.30. The largest absolute Gasteiger partial charge is 0.444 e. The molecule has 1 amide bonds. The quantitative estimate of drug-likeness (QED) is 0.802. The fourth-order valence-electron chi connectivity index (χ4n) is 2.38. The number of nitrogens with zero attached hydrogens (tertiary/aromatic N) is 3. The molecule has 3 rings (SSSR count). The Morgan fingerprint density at radius 1 is 1.35 bits per heavy atom. The van der Waals surface area contributed by atoms with Gasteiger partial charge in [-0.15, -0.1) is 0 Å². The number of amides is 1. The molecule has 5 heteroatoms. The molecular formula is C15H19N3O2. The number of rotatable bonds is 1. The maximum Gasteiger partial charge on any atom is 0.410 e. The molecule has 0 spiro atoms. The highest BCUT2D eigenvalue weighted by molar-refractivity contribution is 5.69. The Balaban J connectivity index is 1.67. The van der Waals surface area contributed by atoms with E-state index in [0.717, 1.165) is 11.3 Å². The molecule has 2 aromatic heterocycles. The summed E-state index contributed by atoms with van der Waals surface area (Å²) >= 11 is 0. The minimum atomic E-state index is -0.442. The highest BCUT2D eigenvalue weighted by Crippen LogP contribution is 2.28. The van der Waals surface area contributed by atoms with Gasteiger partial charge in [-0.25, -0.2) is 9.78 Å². The van der Waals surface area contributed by atoms with Crippen molar-refractivity contribution in [2.75, 3.05) is 13.1 Å².